The van der Waals surface area contributed by atoms with Gasteiger partial charge in [0.25, 0.3) is 0 Å². The van der Waals surface area contributed by atoms with Crippen LogP contribution in [0.25, 0.3) is 0 Å². The van der Waals surface area contributed by atoms with Crippen molar-refractivity contribution >= 4 is 11.7 Å². The van der Waals surface area contributed by atoms with Gasteiger partial charge in [0.1, 0.15) is 5.69 Å². The molecule has 2 heterocycles. The lowest BCUT2D eigenvalue weighted by atomic mass is 10.2. The van der Waals surface area contributed by atoms with Gasteiger partial charge in [0, 0.05) is 18.1 Å². The minimum Gasteiger partial charge on any atom is -0.464 e. The lowest BCUT2D eigenvalue weighted by Crippen LogP contribution is -2.07. The number of rotatable bonds is 4. The van der Waals surface area contributed by atoms with E-state index in [1.807, 2.05) is 19.1 Å². The maximum atomic E-state index is 11.4. The molecule has 19 heavy (non-hydrogen) atoms. The van der Waals surface area contributed by atoms with E-state index >= 15 is 0 Å². The minimum atomic E-state index is -0.447. The van der Waals surface area contributed by atoms with Crippen molar-refractivity contribution in [1.82, 2.24) is 9.97 Å². The highest BCUT2D eigenvalue weighted by Gasteiger charge is 2.07. The summed E-state index contributed by atoms with van der Waals surface area (Å²) >= 11 is 0. The van der Waals surface area contributed by atoms with Crippen molar-refractivity contribution in [3.63, 3.8) is 0 Å². The summed E-state index contributed by atoms with van der Waals surface area (Å²) < 4.78 is 4.63. The van der Waals surface area contributed by atoms with Crippen LogP contribution in [0.5, 0.6) is 0 Å². The maximum Gasteiger partial charge on any atom is 0.356 e. The molecule has 0 aliphatic heterocycles. The van der Waals surface area contributed by atoms with Gasteiger partial charge in [0.15, 0.2) is 0 Å². The van der Waals surface area contributed by atoms with E-state index < -0.39 is 5.97 Å². The van der Waals surface area contributed by atoms with Gasteiger partial charge >= 0.3 is 5.97 Å². The number of ether oxygens (including phenoxy) is 1. The van der Waals surface area contributed by atoms with Gasteiger partial charge < -0.3 is 10.1 Å². The Morgan fingerprint density at radius 3 is 2.89 bits per heavy atom. The van der Waals surface area contributed by atoms with Crippen LogP contribution in [0.15, 0.2) is 36.7 Å². The molecule has 0 spiro atoms. The molecule has 0 saturated carbocycles. The lowest BCUT2D eigenvalue weighted by molar-refractivity contribution is 0.0594. The number of anilines is 1. The number of nitrogens with zero attached hydrogens (tertiary/aromatic N) is 2. The molecule has 0 amide bonds. The highest BCUT2D eigenvalue weighted by Crippen LogP contribution is 2.11. The summed E-state index contributed by atoms with van der Waals surface area (Å²) in [7, 11) is 1.33. The zero-order valence-electron chi connectivity index (χ0n) is 10.9. The normalized spacial score (nSPS) is 10.0. The summed E-state index contributed by atoms with van der Waals surface area (Å²) in [6.45, 7) is 2.60. The first-order valence-corrected chi connectivity index (χ1v) is 5.89. The van der Waals surface area contributed by atoms with E-state index in [1.54, 1.807) is 24.5 Å². The fourth-order valence-electron chi connectivity index (χ4n) is 1.65. The first-order chi connectivity index (χ1) is 9.20. The van der Waals surface area contributed by atoms with Crippen molar-refractivity contribution in [1.29, 1.82) is 0 Å². The molecule has 0 aliphatic rings. The summed E-state index contributed by atoms with van der Waals surface area (Å²) in [6, 6.07) is 7.37. The van der Waals surface area contributed by atoms with Crippen molar-refractivity contribution in [2.45, 2.75) is 13.5 Å². The molecule has 2 aromatic heterocycles. The summed E-state index contributed by atoms with van der Waals surface area (Å²) in [4.78, 5) is 19.6. The average Bonchev–Trinajstić information content (AvgIpc) is 2.46. The number of carbonyl (C=O) groups excluding carboxylic acids is 1. The molecule has 98 valence electrons. The van der Waals surface area contributed by atoms with Crippen LogP contribution in [0.3, 0.4) is 0 Å². The summed E-state index contributed by atoms with van der Waals surface area (Å²) in [5.41, 5.74) is 3.18. The SMILES string of the molecule is COC(=O)c1cc(NCc2ncccc2C)ccn1. The Balaban J connectivity index is 2.08. The second-order valence-electron chi connectivity index (χ2n) is 4.04. The lowest BCUT2D eigenvalue weighted by Gasteiger charge is -2.08. The van der Waals surface area contributed by atoms with Crippen LogP contribution in [0.4, 0.5) is 5.69 Å². The van der Waals surface area contributed by atoms with E-state index in [0.717, 1.165) is 16.9 Å². The van der Waals surface area contributed by atoms with E-state index in [9.17, 15) is 4.79 Å². The average molecular weight is 257 g/mol. The molecule has 0 aliphatic carbocycles. The maximum absolute atomic E-state index is 11.4. The Morgan fingerprint density at radius 1 is 1.32 bits per heavy atom. The van der Waals surface area contributed by atoms with E-state index in [4.69, 9.17) is 0 Å². The Bertz CT molecular complexity index is 584. The molecule has 2 rings (SSSR count). The number of aryl methyl sites for hydroxylation is 1. The number of hydrogen-bond donors (Lipinski definition) is 1. The first kappa shape index (κ1) is 13.0. The van der Waals surface area contributed by atoms with Crippen molar-refractivity contribution < 1.29 is 9.53 Å². The quantitative estimate of drug-likeness (QED) is 0.850. The molecule has 1 N–H and O–H groups in total. The van der Waals surface area contributed by atoms with Gasteiger partial charge in [-0.1, -0.05) is 6.07 Å². The molecule has 0 unspecified atom stereocenters. The molecule has 0 bridgehead atoms. The third-order valence-electron chi connectivity index (χ3n) is 2.73. The smallest absolute Gasteiger partial charge is 0.356 e. The fraction of sp³-hybridized carbons (Fsp3) is 0.214. The summed E-state index contributed by atoms with van der Waals surface area (Å²) in [5, 5.41) is 3.21. The van der Waals surface area contributed by atoms with Crippen molar-refractivity contribution in [3.05, 3.63) is 53.6 Å². The monoisotopic (exact) mass is 257 g/mol. The molecule has 0 saturated heterocycles. The van der Waals surface area contributed by atoms with E-state index in [0.29, 0.717) is 6.54 Å². The Labute approximate surface area is 111 Å². The molecule has 2 aromatic rings. The Kier molecular flexibility index (Phi) is 4.07. The molecule has 0 radical (unpaired) electrons. The first-order valence-electron chi connectivity index (χ1n) is 5.89. The Hall–Kier alpha value is -2.43. The summed E-state index contributed by atoms with van der Waals surface area (Å²) in [5.74, 6) is -0.447. The molecular formula is C14H15N3O2. The molecule has 0 atom stereocenters. The molecular weight excluding hydrogens is 242 g/mol. The van der Waals surface area contributed by atoms with Gasteiger partial charge in [-0.3, -0.25) is 4.98 Å². The van der Waals surface area contributed by atoms with Crippen LogP contribution in [-0.2, 0) is 11.3 Å². The largest absolute Gasteiger partial charge is 0.464 e. The van der Waals surface area contributed by atoms with Gasteiger partial charge in [-0.2, -0.15) is 0 Å². The van der Waals surface area contributed by atoms with Crippen molar-refractivity contribution in [3.8, 4) is 0 Å². The molecule has 5 heteroatoms. The predicted octanol–water partition coefficient (Wildman–Crippen LogP) is 2.18. The number of pyridine rings is 2. The molecule has 5 nitrogen and oxygen atoms in total. The van der Waals surface area contributed by atoms with Crippen LogP contribution in [0, 0.1) is 6.92 Å². The van der Waals surface area contributed by atoms with Crippen molar-refractivity contribution in [2.75, 3.05) is 12.4 Å². The highest BCUT2D eigenvalue weighted by molar-refractivity contribution is 5.88. The number of aromatic nitrogens is 2. The number of nitrogens with one attached hydrogen (secondary N) is 1. The zero-order valence-corrected chi connectivity index (χ0v) is 10.9. The van der Waals surface area contributed by atoms with Gasteiger partial charge in [0.2, 0.25) is 0 Å². The van der Waals surface area contributed by atoms with E-state index in [-0.39, 0.29) is 5.69 Å². The van der Waals surface area contributed by atoms with Crippen molar-refractivity contribution in [2.24, 2.45) is 0 Å². The summed E-state index contributed by atoms with van der Waals surface area (Å²) in [6.07, 6.45) is 3.33. The fourth-order valence-corrected chi connectivity index (χ4v) is 1.65. The van der Waals surface area contributed by atoms with E-state index in [2.05, 4.69) is 20.0 Å². The third-order valence-corrected chi connectivity index (χ3v) is 2.73. The number of methoxy groups -OCH3 is 1. The van der Waals surface area contributed by atoms with Gasteiger partial charge in [0.05, 0.1) is 19.3 Å². The van der Waals surface area contributed by atoms with Crippen LogP contribution < -0.4 is 5.32 Å². The van der Waals surface area contributed by atoms with Gasteiger partial charge in [-0.15, -0.1) is 0 Å². The van der Waals surface area contributed by atoms with Gasteiger partial charge in [-0.05, 0) is 30.7 Å². The minimum absolute atomic E-state index is 0.283. The second kappa shape index (κ2) is 5.95. The zero-order chi connectivity index (χ0) is 13.7. The van der Waals surface area contributed by atoms with Crippen LogP contribution in [0.2, 0.25) is 0 Å². The van der Waals surface area contributed by atoms with E-state index in [1.165, 1.54) is 7.11 Å². The van der Waals surface area contributed by atoms with Crippen LogP contribution in [-0.4, -0.2) is 23.0 Å². The number of carbonyl (C=O) groups is 1. The predicted molar refractivity (Wildman–Crippen MR) is 71.9 cm³/mol. The van der Waals surface area contributed by atoms with Crippen LogP contribution in [0.1, 0.15) is 21.7 Å². The van der Waals surface area contributed by atoms with Gasteiger partial charge in [-0.25, -0.2) is 9.78 Å². The molecule has 0 aromatic carbocycles. The Morgan fingerprint density at radius 2 is 2.16 bits per heavy atom. The number of esters is 1. The second-order valence-corrected chi connectivity index (χ2v) is 4.04. The highest BCUT2D eigenvalue weighted by atomic mass is 16.5. The van der Waals surface area contributed by atoms with Crippen LogP contribution >= 0.6 is 0 Å². The molecule has 0 fully saturated rings. The topological polar surface area (TPSA) is 64.1 Å². The number of hydrogen-bond acceptors (Lipinski definition) is 5. The standard InChI is InChI=1S/C14H15N3O2/c1-10-4-3-6-15-13(10)9-17-11-5-7-16-12(8-11)14(18)19-2/h3-8H,9H2,1-2H3,(H,16,17). The third kappa shape index (κ3) is 3.28.